The van der Waals surface area contributed by atoms with Gasteiger partial charge in [-0.1, -0.05) is 46.3 Å². The van der Waals surface area contributed by atoms with Crippen LogP contribution in [-0.2, 0) is 11.4 Å². The molecule has 2 rings (SSSR count). The highest BCUT2D eigenvalue weighted by molar-refractivity contribution is 9.10. The normalized spacial score (nSPS) is 10.6. The predicted molar refractivity (Wildman–Crippen MR) is 96.2 cm³/mol. The lowest BCUT2D eigenvalue weighted by Crippen LogP contribution is -2.35. The van der Waals surface area contributed by atoms with Crippen LogP contribution >= 0.6 is 15.9 Å². The Kier molecular flexibility index (Phi) is 6.32. The highest BCUT2D eigenvalue weighted by Crippen LogP contribution is 2.26. The van der Waals surface area contributed by atoms with Crippen LogP contribution in [0.15, 0.2) is 58.6 Å². The van der Waals surface area contributed by atoms with Crippen LogP contribution in [0.2, 0.25) is 0 Å². The SMILES string of the molecule is N#C/C(=C/c1cc(Br)ccc1OCc1ccccc1)C(=O)NC(N)=O. The number of urea groups is 1. The number of nitrogens with zero attached hydrogens (tertiary/aromatic N) is 1. The number of hydrogen-bond acceptors (Lipinski definition) is 4. The maximum Gasteiger partial charge on any atom is 0.319 e. The number of carbonyl (C=O) groups excluding carboxylic acids is 2. The second-order valence-corrected chi connectivity index (χ2v) is 5.86. The predicted octanol–water partition coefficient (Wildman–Crippen LogP) is 3.13. The molecular weight excluding hydrogens is 386 g/mol. The summed E-state index contributed by atoms with van der Waals surface area (Å²) in [5.41, 5.74) is 6.14. The van der Waals surface area contributed by atoms with E-state index in [-0.39, 0.29) is 5.57 Å². The van der Waals surface area contributed by atoms with Gasteiger partial charge in [0, 0.05) is 10.0 Å². The highest BCUT2D eigenvalue weighted by atomic mass is 79.9. The first-order valence-corrected chi connectivity index (χ1v) is 7.97. The van der Waals surface area contributed by atoms with Crippen LogP contribution in [0.3, 0.4) is 0 Å². The summed E-state index contributed by atoms with van der Waals surface area (Å²) in [5, 5.41) is 11.0. The first-order valence-electron chi connectivity index (χ1n) is 7.18. The van der Waals surface area contributed by atoms with Gasteiger partial charge in [-0.05, 0) is 29.8 Å². The van der Waals surface area contributed by atoms with Crippen LogP contribution in [-0.4, -0.2) is 11.9 Å². The van der Waals surface area contributed by atoms with E-state index in [4.69, 9.17) is 15.7 Å². The quantitative estimate of drug-likeness (QED) is 0.594. The van der Waals surface area contributed by atoms with Crippen molar-refractivity contribution in [1.29, 1.82) is 5.26 Å². The van der Waals surface area contributed by atoms with Crippen molar-refractivity contribution >= 4 is 33.9 Å². The number of nitrogens with one attached hydrogen (secondary N) is 1. The number of amides is 3. The molecule has 0 aromatic heterocycles. The fourth-order valence-corrected chi connectivity index (χ4v) is 2.36. The molecule has 0 aliphatic rings. The summed E-state index contributed by atoms with van der Waals surface area (Å²) in [7, 11) is 0. The second kappa shape index (κ2) is 8.66. The molecule has 0 atom stereocenters. The minimum Gasteiger partial charge on any atom is -0.488 e. The fraction of sp³-hybridized carbons (Fsp3) is 0.0556. The van der Waals surface area contributed by atoms with Crippen LogP contribution in [0.1, 0.15) is 11.1 Å². The van der Waals surface area contributed by atoms with Crippen molar-refractivity contribution in [1.82, 2.24) is 5.32 Å². The van der Waals surface area contributed by atoms with Gasteiger partial charge in [0.15, 0.2) is 0 Å². The van der Waals surface area contributed by atoms with E-state index in [1.54, 1.807) is 24.3 Å². The Morgan fingerprint density at radius 3 is 2.60 bits per heavy atom. The number of nitriles is 1. The van der Waals surface area contributed by atoms with Crippen LogP contribution in [0.4, 0.5) is 4.79 Å². The molecule has 0 heterocycles. The van der Waals surface area contributed by atoms with Crippen LogP contribution in [0.25, 0.3) is 6.08 Å². The standard InChI is InChI=1S/C18H14BrN3O3/c19-15-6-7-16(25-11-12-4-2-1-3-5-12)13(9-15)8-14(10-20)17(23)22-18(21)24/h1-9H,11H2,(H3,21,22,23,24)/b14-8-. The third kappa shape index (κ3) is 5.48. The van der Waals surface area contributed by atoms with Crippen molar-refractivity contribution in [2.45, 2.75) is 6.61 Å². The largest absolute Gasteiger partial charge is 0.488 e. The van der Waals surface area contributed by atoms with Crippen molar-refractivity contribution in [3.8, 4) is 11.8 Å². The van der Waals surface area contributed by atoms with Crippen LogP contribution in [0, 0.1) is 11.3 Å². The first-order chi connectivity index (χ1) is 12.0. The molecule has 0 unspecified atom stereocenters. The lowest BCUT2D eigenvalue weighted by Gasteiger charge is -2.10. The van der Waals surface area contributed by atoms with E-state index >= 15 is 0 Å². The van der Waals surface area contributed by atoms with E-state index in [9.17, 15) is 9.59 Å². The second-order valence-electron chi connectivity index (χ2n) is 4.94. The van der Waals surface area contributed by atoms with E-state index in [2.05, 4.69) is 15.9 Å². The maximum atomic E-state index is 11.8. The molecule has 2 aromatic carbocycles. The molecule has 0 radical (unpaired) electrons. The molecule has 25 heavy (non-hydrogen) atoms. The summed E-state index contributed by atoms with van der Waals surface area (Å²) in [6.45, 7) is 0.332. The van der Waals surface area contributed by atoms with E-state index < -0.39 is 11.9 Å². The summed E-state index contributed by atoms with van der Waals surface area (Å²) >= 11 is 3.34. The zero-order valence-corrected chi connectivity index (χ0v) is 14.6. The van der Waals surface area contributed by atoms with Crippen molar-refractivity contribution in [3.05, 3.63) is 69.7 Å². The molecule has 2 aromatic rings. The number of carbonyl (C=O) groups is 2. The Morgan fingerprint density at radius 2 is 1.96 bits per heavy atom. The summed E-state index contributed by atoms with van der Waals surface area (Å²) in [5.74, 6) is -0.379. The van der Waals surface area contributed by atoms with Gasteiger partial charge in [0.05, 0.1) is 0 Å². The first kappa shape index (κ1) is 18.2. The average molecular weight is 400 g/mol. The number of benzene rings is 2. The number of nitrogens with two attached hydrogens (primary N) is 1. The monoisotopic (exact) mass is 399 g/mol. The lowest BCUT2D eigenvalue weighted by atomic mass is 10.1. The van der Waals surface area contributed by atoms with Gasteiger partial charge in [-0.3, -0.25) is 10.1 Å². The summed E-state index contributed by atoms with van der Waals surface area (Å²) in [4.78, 5) is 22.6. The number of ether oxygens (including phenoxy) is 1. The lowest BCUT2D eigenvalue weighted by molar-refractivity contribution is -0.115. The van der Waals surface area contributed by atoms with Gasteiger partial charge in [-0.15, -0.1) is 0 Å². The smallest absolute Gasteiger partial charge is 0.319 e. The van der Waals surface area contributed by atoms with Gasteiger partial charge < -0.3 is 10.5 Å². The topological polar surface area (TPSA) is 105 Å². The Bertz CT molecular complexity index is 858. The molecule has 0 saturated heterocycles. The number of halogens is 1. The number of rotatable bonds is 5. The van der Waals surface area contributed by atoms with Gasteiger partial charge >= 0.3 is 6.03 Å². The van der Waals surface area contributed by atoms with Crippen molar-refractivity contribution < 1.29 is 14.3 Å². The molecule has 0 aliphatic heterocycles. The van der Waals surface area contributed by atoms with Gasteiger partial charge in [0.2, 0.25) is 0 Å². The van der Waals surface area contributed by atoms with Crippen LogP contribution < -0.4 is 15.8 Å². The Balaban J connectivity index is 2.28. The minimum absolute atomic E-state index is 0.263. The molecule has 6 nitrogen and oxygen atoms in total. The molecule has 3 N–H and O–H groups in total. The third-order valence-corrected chi connectivity index (χ3v) is 3.60. The molecule has 0 saturated carbocycles. The Hall–Kier alpha value is -3.11. The Labute approximate surface area is 153 Å². The molecule has 0 bridgehead atoms. The van der Waals surface area contributed by atoms with Crippen molar-refractivity contribution in [2.75, 3.05) is 0 Å². The van der Waals surface area contributed by atoms with Crippen molar-refractivity contribution in [2.24, 2.45) is 5.73 Å². The van der Waals surface area contributed by atoms with E-state index in [1.807, 2.05) is 35.6 Å². The van der Waals surface area contributed by atoms with E-state index in [0.717, 1.165) is 10.0 Å². The minimum atomic E-state index is -1.03. The summed E-state index contributed by atoms with van der Waals surface area (Å²) in [6.07, 6.45) is 1.34. The van der Waals surface area contributed by atoms with Gasteiger partial charge in [0.1, 0.15) is 24.0 Å². The molecule has 0 spiro atoms. The van der Waals surface area contributed by atoms with Crippen molar-refractivity contribution in [3.63, 3.8) is 0 Å². The summed E-state index contributed by atoms with van der Waals surface area (Å²) < 4.78 is 6.53. The highest BCUT2D eigenvalue weighted by Gasteiger charge is 2.13. The number of primary amides is 1. The van der Waals surface area contributed by atoms with Gasteiger partial charge in [0.25, 0.3) is 5.91 Å². The zero-order valence-electron chi connectivity index (χ0n) is 13.0. The van der Waals surface area contributed by atoms with Gasteiger partial charge in [-0.2, -0.15) is 5.26 Å². The number of imide groups is 1. The molecule has 126 valence electrons. The zero-order chi connectivity index (χ0) is 18.2. The van der Waals surface area contributed by atoms with Gasteiger partial charge in [-0.25, -0.2) is 4.79 Å². The van der Waals surface area contributed by atoms with Crippen LogP contribution in [0.5, 0.6) is 5.75 Å². The number of hydrogen-bond donors (Lipinski definition) is 2. The summed E-state index contributed by atoms with van der Waals surface area (Å²) in [6, 6.07) is 15.5. The third-order valence-electron chi connectivity index (χ3n) is 3.11. The average Bonchev–Trinajstić information content (AvgIpc) is 2.59. The fourth-order valence-electron chi connectivity index (χ4n) is 1.98. The molecule has 3 amide bonds. The van der Waals surface area contributed by atoms with E-state index in [0.29, 0.717) is 17.9 Å². The molecule has 0 aliphatic carbocycles. The maximum absolute atomic E-state index is 11.8. The molecule has 7 heteroatoms. The molecular formula is C18H14BrN3O3. The molecule has 0 fully saturated rings. The Morgan fingerprint density at radius 1 is 1.24 bits per heavy atom. The van der Waals surface area contributed by atoms with E-state index in [1.165, 1.54) is 6.08 Å².